The Labute approximate surface area is 118 Å². The first-order valence-electron chi connectivity index (χ1n) is 7.13. The molecule has 0 unspecified atom stereocenters. The molecule has 1 saturated carbocycles. The van der Waals surface area contributed by atoms with Gasteiger partial charge in [-0.1, -0.05) is 12.1 Å². The fourth-order valence-corrected chi connectivity index (χ4v) is 2.85. The van der Waals surface area contributed by atoms with Gasteiger partial charge in [-0.05, 0) is 37.8 Å². The Bertz CT molecular complexity index is 613. The van der Waals surface area contributed by atoms with Crippen molar-refractivity contribution in [2.45, 2.75) is 31.7 Å². The number of fused-ring (bicyclic) bond motifs is 1. The van der Waals surface area contributed by atoms with Gasteiger partial charge in [0.05, 0.1) is 0 Å². The molecule has 2 aromatic rings. The Balaban J connectivity index is 1.77. The number of nitrogens with zero attached hydrogens (tertiary/aromatic N) is 1. The summed E-state index contributed by atoms with van der Waals surface area (Å²) in [6, 6.07) is 8.08. The largest absolute Gasteiger partial charge is 0.328 e. The summed E-state index contributed by atoms with van der Waals surface area (Å²) < 4.78 is 0. The van der Waals surface area contributed by atoms with Crippen LogP contribution in [0.3, 0.4) is 0 Å². The summed E-state index contributed by atoms with van der Waals surface area (Å²) >= 11 is 0. The van der Waals surface area contributed by atoms with Gasteiger partial charge in [-0.25, -0.2) is 0 Å². The van der Waals surface area contributed by atoms with Crippen molar-refractivity contribution in [1.29, 1.82) is 0 Å². The number of nitrogens with two attached hydrogens (primary N) is 1. The van der Waals surface area contributed by atoms with Crippen molar-refractivity contribution in [3.05, 3.63) is 36.7 Å². The Hall–Kier alpha value is -1.94. The average molecular weight is 269 g/mol. The fraction of sp³-hybridized carbons (Fsp3) is 0.375. The highest BCUT2D eigenvalue weighted by atomic mass is 16.1. The molecule has 1 aliphatic carbocycles. The Morgan fingerprint density at radius 3 is 2.80 bits per heavy atom. The average Bonchev–Trinajstić information content (AvgIpc) is 2.48. The van der Waals surface area contributed by atoms with Crippen LogP contribution in [-0.4, -0.2) is 16.9 Å². The topological polar surface area (TPSA) is 68.0 Å². The van der Waals surface area contributed by atoms with Gasteiger partial charge in [-0.2, -0.15) is 0 Å². The van der Waals surface area contributed by atoms with E-state index >= 15 is 0 Å². The van der Waals surface area contributed by atoms with E-state index in [2.05, 4.69) is 10.3 Å². The molecule has 0 aliphatic heterocycles. The number of rotatable bonds is 2. The van der Waals surface area contributed by atoms with Crippen LogP contribution in [0.1, 0.15) is 25.7 Å². The molecule has 0 saturated heterocycles. The van der Waals surface area contributed by atoms with Gasteiger partial charge in [0, 0.05) is 40.8 Å². The van der Waals surface area contributed by atoms with Crippen molar-refractivity contribution < 1.29 is 4.79 Å². The van der Waals surface area contributed by atoms with Gasteiger partial charge >= 0.3 is 0 Å². The first-order valence-corrected chi connectivity index (χ1v) is 7.13. The zero-order valence-corrected chi connectivity index (χ0v) is 11.4. The molecule has 0 spiro atoms. The van der Waals surface area contributed by atoms with E-state index in [1.54, 1.807) is 6.20 Å². The molecular formula is C16H19N3O. The lowest BCUT2D eigenvalue weighted by Gasteiger charge is -2.25. The van der Waals surface area contributed by atoms with E-state index in [-0.39, 0.29) is 17.9 Å². The van der Waals surface area contributed by atoms with Crippen LogP contribution in [0, 0.1) is 5.92 Å². The molecule has 1 heterocycles. The zero-order valence-electron chi connectivity index (χ0n) is 11.4. The van der Waals surface area contributed by atoms with Crippen LogP contribution in [-0.2, 0) is 4.79 Å². The molecule has 1 aromatic carbocycles. The highest BCUT2D eigenvalue weighted by molar-refractivity contribution is 6.02. The van der Waals surface area contributed by atoms with E-state index < -0.39 is 0 Å². The van der Waals surface area contributed by atoms with Crippen LogP contribution in [0.25, 0.3) is 10.8 Å². The summed E-state index contributed by atoms with van der Waals surface area (Å²) in [6.07, 6.45) is 7.22. The lowest BCUT2D eigenvalue weighted by atomic mass is 9.86. The third kappa shape index (κ3) is 2.65. The molecule has 20 heavy (non-hydrogen) atoms. The number of nitrogens with one attached hydrogen (secondary N) is 1. The van der Waals surface area contributed by atoms with Crippen molar-refractivity contribution in [2.24, 2.45) is 11.7 Å². The van der Waals surface area contributed by atoms with Crippen molar-refractivity contribution >= 4 is 22.4 Å². The van der Waals surface area contributed by atoms with Crippen LogP contribution < -0.4 is 11.1 Å². The molecule has 104 valence electrons. The predicted octanol–water partition coefficient (Wildman–Crippen LogP) is 2.69. The lowest BCUT2D eigenvalue weighted by Crippen LogP contribution is -2.32. The Morgan fingerprint density at radius 1 is 1.20 bits per heavy atom. The van der Waals surface area contributed by atoms with Crippen molar-refractivity contribution in [2.75, 3.05) is 5.32 Å². The molecule has 3 N–H and O–H groups in total. The first-order chi connectivity index (χ1) is 9.74. The van der Waals surface area contributed by atoms with Crippen LogP contribution in [0.4, 0.5) is 5.69 Å². The number of amides is 1. The molecule has 0 radical (unpaired) electrons. The quantitative estimate of drug-likeness (QED) is 0.880. The van der Waals surface area contributed by atoms with Gasteiger partial charge in [0.1, 0.15) is 0 Å². The summed E-state index contributed by atoms with van der Waals surface area (Å²) in [7, 11) is 0. The van der Waals surface area contributed by atoms with Gasteiger partial charge in [-0.15, -0.1) is 0 Å². The second kappa shape index (κ2) is 5.59. The van der Waals surface area contributed by atoms with Crippen LogP contribution in [0.2, 0.25) is 0 Å². The molecule has 4 nitrogen and oxygen atoms in total. The van der Waals surface area contributed by atoms with E-state index in [0.717, 1.165) is 42.1 Å². The van der Waals surface area contributed by atoms with Gasteiger partial charge in [0.2, 0.25) is 5.91 Å². The van der Waals surface area contributed by atoms with Crippen molar-refractivity contribution in [1.82, 2.24) is 4.98 Å². The number of hydrogen-bond donors (Lipinski definition) is 2. The van der Waals surface area contributed by atoms with Gasteiger partial charge in [-0.3, -0.25) is 9.78 Å². The minimum Gasteiger partial charge on any atom is -0.328 e. The number of carbonyl (C=O) groups excluding carboxylic acids is 1. The standard InChI is InChI=1S/C16H19N3O/c17-13-6-4-11(5-7-13)16(20)19-15-3-1-2-12-10-18-9-8-14(12)15/h1-3,8-11,13H,4-7,17H2,(H,19,20). The summed E-state index contributed by atoms with van der Waals surface area (Å²) in [4.78, 5) is 16.5. The molecule has 3 rings (SSSR count). The molecule has 1 fully saturated rings. The smallest absolute Gasteiger partial charge is 0.227 e. The maximum Gasteiger partial charge on any atom is 0.227 e. The number of anilines is 1. The zero-order chi connectivity index (χ0) is 13.9. The number of pyridine rings is 1. The van der Waals surface area contributed by atoms with Gasteiger partial charge in [0.25, 0.3) is 0 Å². The SMILES string of the molecule is NC1CCC(C(=O)Nc2cccc3cnccc23)CC1. The number of aromatic nitrogens is 1. The Morgan fingerprint density at radius 2 is 2.00 bits per heavy atom. The highest BCUT2D eigenvalue weighted by Crippen LogP contribution is 2.27. The predicted molar refractivity (Wildman–Crippen MR) is 80.3 cm³/mol. The number of benzene rings is 1. The number of hydrogen-bond acceptors (Lipinski definition) is 3. The van der Waals surface area contributed by atoms with Gasteiger partial charge in [0.15, 0.2) is 0 Å². The Kier molecular flexibility index (Phi) is 3.65. The molecular weight excluding hydrogens is 250 g/mol. The second-order valence-corrected chi connectivity index (χ2v) is 5.50. The van der Waals surface area contributed by atoms with E-state index in [0.29, 0.717) is 0 Å². The molecule has 1 aliphatic rings. The van der Waals surface area contributed by atoms with E-state index in [4.69, 9.17) is 5.73 Å². The summed E-state index contributed by atoms with van der Waals surface area (Å²) in [5.41, 5.74) is 6.75. The third-order valence-electron chi connectivity index (χ3n) is 4.08. The van der Waals surface area contributed by atoms with Crippen LogP contribution in [0.5, 0.6) is 0 Å². The van der Waals surface area contributed by atoms with Crippen molar-refractivity contribution in [3.8, 4) is 0 Å². The maximum absolute atomic E-state index is 12.4. The first kappa shape index (κ1) is 13.1. The van der Waals surface area contributed by atoms with Crippen LogP contribution >= 0.6 is 0 Å². The monoisotopic (exact) mass is 269 g/mol. The molecule has 0 bridgehead atoms. The molecule has 1 aromatic heterocycles. The fourth-order valence-electron chi connectivity index (χ4n) is 2.85. The maximum atomic E-state index is 12.4. The van der Waals surface area contributed by atoms with Crippen molar-refractivity contribution in [3.63, 3.8) is 0 Å². The number of carbonyl (C=O) groups is 1. The van der Waals surface area contributed by atoms with E-state index in [1.807, 2.05) is 30.5 Å². The minimum atomic E-state index is 0.0897. The molecule has 0 atom stereocenters. The second-order valence-electron chi connectivity index (χ2n) is 5.50. The highest BCUT2D eigenvalue weighted by Gasteiger charge is 2.24. The normalized spacial score (nSPS) is 22.6. The summed E-state index contributed by atoms with van der Waals surface area (Å²) in [5.74, 6) is 0.202. The summed E-state index contributed by atoms with van der Waals surface area (Å²) in [5, 5.41) is 5.13. The molecule has 1 amide bonds. The lowest BCUT2D eigenvalue weighted by molar-refractivity contribution is -0.120. The van der Waals surface area contributed by atoms with Crippen LogP contribution in [0.15, 0.2) is 36.7 Å². The van der Waals surface area contributed by atoms with E-state index in [9.17, 15) is 4.79 Å². The van der Waals surface area contributed by atoms with Gasteiger partial charge < -0.3 is 11.1 Å². The minimum absolute atomic E-state index is 0.0897. The summed E-state index contributed by atoms with van der Waals surface area (Å²) in [6.45, 7) is 0. The third-order valence-corrected chi connectivity index (χ3v) is 4.08. The van der Waals surface area contributed by atoms with E-state index in [1.165, 1.54) is 0 Å². The molecule has 4 heteroatoms.